The molecule has 0 saturated carbocycles. The Hall–Kier alpha value is -2.37. The molecule has 0 aromatic heterocycles. The van der Waals surface area contributed by atoms with E-state index < -0.39 is 5.60 Å². The van der Waals surface area contributed by atoms with Gasteiger partial charge in [0.25, 0.3) is 0 Å². The summed E-state index contributed by atoms with van der Waals surface area (Å²) in [5.41, 5.74) is 2.52. The Balaban J connectivity index is 1.45. The number of carbonyl (C=O) groups excluding carboxylic acids is 1. The molecule has 5 heteroatoms. The fourth-order valence-electron chi connectivity index (χ4n) is 3.77. The molecular weight excluding hydrogens is 364 g/mol. The number of benzene rings is 2. The summed E-state index contributed by atoms with van der Waals surface area (Å²) in [5, 5.41) is 14.0. The van der Waals surface area contributed by atoms with Crippen molar-refractivity contribution in [2.24, 2.45) is 0 Å². The normalized spacial score (nSPS) is 20.1. The summed E-state index contributed by atoms with van der Waals surface area (Å²) >= 11 is 0. The van der Waals surface area contributed by atoms with E-state index in [1.807, 2.05) is 49.4 Å². The van der Waals surface area contributed by atoms with Crippen molar-refractivity contribution in [2.75, 3.05) is 26.2 Å². The highest BCUT2D eigenvalue weighted by atomic mass is 16.5. The molecule has 3 rings (SSSR count). The Bertz CT molecular complexity index is 809. The number of likely N-dealkylation sites (tertiary alicyclic amines) is 1. The van der Waals surface area contributed by atoms with E-state index in [0.717, 1.165) is 29.8 Å². The summed E-state index contributed by atoms with van der Waals surface area (Å²) < 4.78 is 5.95. The van der Waals surface area contributed by atoms with E-state index in [4.69, 9.17) is 4.74 Å². The van der Waals surface area contributed by atoms with Crippen LogP contribution in [-0.4, -0.2) is 47.8 Å². The molecule has 2 N–H and O–H groups in total. The predicted octanol–water partition coefficient (Wildman–Crippen LogP) is 3.22. The summed E-state index contributed by atoms with van der Waals surface area (Å²) in [5.74, 6) is 0.844. The largest absolute Gasteiger partial charge is 0.490 e. The lowest BCUT2D eigenvalue weighted by Gasteiger charge is -2.27. The maximum Gasteiger partial charge on any atom is 0.234 e. The number of nitrogens with zero attached hydrogens (tertiary/aromatic N) is 1. The zero-order chi connectivity index (χ0) is 20.7. The number of hydrogen-bond acceptors (Lipinski definition) is 4. The molecule has 1 atom stereocenters. The molecule has 1 saturated heterocycles. The van der Waals surface area contributed by atoms with Crippen LogP contribution >= 0.6 is 0 Å². The number of aryl methyl sites for hydroxylation is 2. The van der Waals surface area contributed by atoms with Gasteiger partial charge in [-0.25, -0.2) is 0 Å². The summed E-state index contributed by atoms with van der Waals surface area (Å²) in [4.78, 5) is 14.4. The molecule has 1 heterocycles. The molecule has 156 valence electrons. The van der Waals surface area contributed by atoms with Gasteiger partial charge in [-0.2, -0.15) is 0 Å². The van der Waals surface area contributed by atoms with Crippen LogP contribution in [0.3, 0.4) is 0 Å². The summed E-state index contributed by atoms with van der Waals surface area (Å²) in [6.07, 6.45) is 2.13. The van der Waals surface area contributed by atoms with Gasteiger partial charge in [-0.1, -0.05) is 48.0 Å². The maximum absolute atomic E-state index is 12.3. The quantitative estimate of drug-likeness (QED) is 0.754. The second-order valence-corrected chi connectivity index (χ2v) is 8.17. The first kappa shape index (κ1) is 21.3. The molecule has 1 unspecified atom stereocenters. The number of ether oxygens (including phenoxy) is 1. The van der Waals surface area contributed by atoms with Crippen molar-refractivity contribution in [3.05, 3.63) is 65.2 Å². The highest BCUT2D eigenvalue weighted by Crippen LogP contribution is 2.25. The van der Waals surface area contributed by atoms with Crippen molar-refractivity contribution in [2.45, 2.75) is 45.3 Å². The Labute approximate surface area is 173 Å². The van der Waals surface area contributed by atoms with Gasteiger partial charge in [-0.15, -0.1) is 0 Å². The van der Waals surface area contributed by atoms with Gasteiger partial charge >= 0.3 is 0 Å². The second kappa shape index (κ2) is 9.90. The molecule has 1 aliphatic rings. The van der Waals surface area contributed by atoms with Crippen LogP contribution in [0.1, 0.15) is 36.0 Å². The SMILES string of the molecule is Cc1ccc(OCC2(O)CCCN(CC(=O)NCc3ccccc3)CC2)c(C)c1. The minimum Gasteiger partial charge on any atom is -0.490 e. The molecule has 0 radical (unpaired) electrons. The highest BCUT2D eigenvalue weighted by Gasteiger charge is 2.31. The number of nitrogens with one attached hydrogen (secondary N) is 1. The van der Waals surface area contributed by atoms with E-state index in [1.54, 1.807) is 0 Å². The van der Waals surface area contributed by atoms with Crippen LogP contribution in [0.4, 0.5) is 0 Å². The first-order valence-corrected chi connectivity index (χ1v) is 10.4. The Morgan fingerprint density at radius 1 is 1.14 bits per heavy atom. The molecule has 1 amide bonds. The minimum atomic E-state index is -0.855. The zero-order valence-electron chi connectivity index (χ0n) is 17.5. The number of aliphatic hydroxyl groups is 1. The lowest BCUT2D eigenvalue weighted by Crippen LogP contribution is -2.40. The van der Waals surface area contributed by atoms with E-state index in [0.29, 0.717) is 32.5 Å². The molecular formula is C24H32N2O3. The van der Waals surface area contributed by atoms with Gasteiger partial charge in [0, 0.05) is 13.1 Å². The third-order valence-corrected chi connectivity index (χ3v) is 5.54. The van der Waals surface area contributed by atoms with Gasteiger partial charge in [0.1, 0.15) is 12.4 Å². The molecule has 1 fully saturated rings. The minimum absolute atomic E-state index is 0.0193. The van der Waals surface area contributed by atoms with E-state index in [-0.39, 0.29) is 12.5 Å². The van der Waals surface area contributed by atoms with Crippen molar-refractivity contribution in [1.29, 1.82) is 0 Å². The Kier molecular flexibility index (Phi) is 7.29. The van der Waals surface area contributed by atoms with Crippen LogP contribution in [-0.2, 0) is 11.3 Å². The van der Waals surface area contributed by atoms with Gasteiger partial charge in [0.05, 0.1) is 12.1 Å². The van der Waals surface area contributed by atoms with Crippen molar-refractivity contribution < 1.29 is 14.6 Å². The van der Waals surface area contributed by atoms with Gasteiger partial charge in [0.2, 0.25) is 5.91 Å². The number of amides is 1. The lowest BCUT2D eigenvalue weighted by atomic mass is 9.96. The van der Waals surface area contributed by atoms with Crippen molar-refractivity contribution in [1.82, 2.24) is 10.2 Å². The van der Waals surface area contributed by atoms with Crippen molar-refractivity contribution in [3.8, 4) is 5.75 Å². The molecule has 2 aromatic carbocycles. The van der Waals surface area contributed by atoms with E-state index in [9.17, 15) is 9.90 Å². The molecule has 0 bridgehead atoms. The fourth-order valence-corrected chi connectivity index (χ4v) is 3.77. The van der Waals surface area contributed by atoms with Crippen LogP contribution in [0.15, 0.2) is 48.5 Å². The fraction of sp³-hybridized carbons (Fsp3) is 0.458. The molecule has 0 spiro atoms. The standard InChI is InChI=1S/C24H32N2O3/c1-19-9-10-22(20(2)15-19)29-18-24(28)11-6-13-26(14-12-24)17-23(27)25-16-21-7-4-3-5-8-21/h3-5,7-10,15,28H,6,11-14,16-18H2,1-2H3,(H,25,27). The number of rotatable bonds is 7. The Morgan fingerprint density at radius 3 is 2.69 bits per heavy atom. The van der Waals surface area contributed by atoms with Crippen molar-refractivity contribution >= 4 is 5.91 Å². The third kappa shape index (κ3) is 6.58. The van der Waals surface area contributed by atoms with Crippen molar-refractivity contribution in [3.63, 3.8) is 0 Å². The first-order chi connectivity index (χ1) is 13.9. The lowest BCUT2D eigenvalue weighted by molar-refractivity contribution is -0.122. The van der Waals surface area contributed by atoms with E-state index in [1.165, 1.54) is 5.56 Å². The summed E-state index contributed by atoms with van der Waals surface area (Å²) in [7, 11) is 0. The van der Waals surface area contributed by atoms with Gasteiger partial charge in [-0.3, -0.25) is 9.69 Å². The molecule has 29 heavy (non-hydrogen) atoms. The molecule has 0 aliphatic carbocycles. The summed E-state index contributed by atoms with van der Waals surface area (Å²) in [6, 6.07) is 16.0. The average molecular weight is 397 g/mol. The van der Waals surface area contributed by atoms with E-state index in [2.05, 4.69) is 23.2 Å². The predicted molar refractivity (Wildman–Crippen MR) is 115 cm³/mol. The zero-order valence-corrected chi connectivity index (χ0v) is 17.5. The van der Waals surface area contributed by atoms with Crippen LogP contribution in [0, 0.1) is 13.8 Å². The summed E-state index contributed by atoms with van der Waals surface area (Å²) in [6.45, 7) is 6.76. The van der Waals surface area contributed by atoms with Gasteiger partial charge < -0.3 is 15.2 Å². The molecule has 5 nitrogen and oxygen atoms in total. The topological polar surface area (TPSA) is 61.8 Å². The smallest absolute Gasteiger partial charge is 0.234 e. The molecule has 2 aromatic rings. The van der Waals surface area contributed by atoms with Crippen LogP contribution in [0.25, 0.3) is 0 Å². The van der Waals surface area contributed by atoms with Gasteiger partial charge in [-0.05, 0) is 56.8 Å². The Morgan fingerprint density at radius 2 is 1.93 bits per heavy atom. The average Bonchev–Trinajstić information content (AvgIpc) is 2.88. The molecule has 1 aliphatic heterocycles. The second-order valence-electron chi connectivity index (χ2n) is 8.17. The number of carbonyl (C=O) groups is 1. The monoisotopic (exact) mass is 396 g/mol. The van der Waals surface area contributed by atoms with Crippen LogP contribution < -0.4 is 10.1 Å². The maximum atomic E-state index is 12.3. The number of hydrogen-bond donors (Lipinski definition) is 2. The highest BCUT2D eigenvalue weighted by molar-refractivity contribution is 5.78. The van der Waals surface area contributed by atoms with Crippen LogP contribution in [0.5, 0.6) is 5.75 Å². The van der Waals surface area contributed by atoms with E-state index >= 15 is 0 Å². The first-order valence-electron chi connectivity index (χ1n) is 10.4. The van der Waals surface area contributed by atoms with Gasteiger partial charge in [0.15, 0.2) is 0 Å². The third-order valence-electron chi connectivity index (χ3n) is 5.54. The van der Waals surface area contributed by atoms with Crippen LogP contribution in [0.2, 0.25) is 0 Å².